The van der Waals surface area contributed by atoms with E-state index < -0.39 is 17.4 Å². The van der Waals surface area contributed by atoms with Crippen molar-refractivity contribution in [1.82, 2.24) is 24.6 Å². The predicted molar refractivity (Wildman–Crippen MR) is 148 cm³/mol. The van der Waals surface area contributed by atoms with E-state index >= 15 is 0 Å². The number of fused-ring (bicyclic) bond motifs is 2. The van der Waals surface area contributed by atoms with E-state index in [1.165, 1.54) is 0 Å². The van der Waals surface area contributed by atoms with E-state index in [4.69, 9.17) is 14.5 Å². The van der Waals surface area contributed by atoms with Gasteiger partial charge in [0.1, 0.15) is 11.6 Å². The SMILES string of the molecule is CNC(=O)c1ccc2nc(-c3cc(OC)c4cnn(C5CCCCO5)c4c3)n([C@@H](CC(=O)O)C(C)(C)C)c2c1. The first kappa shape index (κ1) is 26.7. The van der Waals surface area contributed by atoms with Gasteiger partial charge in [0.15, 0.2) is 6.23 Å². The average molecular weight is 534 g/mol. The van der Waals surface area contributed by atoms with Crippen molar-refractivity contribution in [2.45, 2.75) is 58.7 Å². The van der Waals surface area contributed by atoms with E-state index in [1.54, 1.807) is 38.6 Å². The Balaban J connectivity index is 1.79. The van der Waals surface area contributed by atoms with Gasteiger partial charge in [0.25, 0.3) is 5.91 Å². The molecule has 0 radical (unpaired) electrons. The van der Waals surface area contributed by atoms with Gasteiger partial charge in [-0.25, -0.2) is 9.67 Å². The molecular weight excluding hydrogens is 498 g/mol. The Morgan fingerprint density at radius 3 is 2.64 bits per heavy atom. The standard InChI is InChI=1S/C29H35N5O5/c1-29(2,3)24(15-26(35)36)33-22-12-17(28(37)30-4)9-10-20(22)32-27(33)18-13-21-19(23(14-18)38-5)16-31-34(21)25-8-6-7-11-39-25/h9-10,12-14,16,24-25H,6-8,11,15H2,1-5H3,(H,30,37)(H,35,36)/t24-,25?/m0/s1. The lowest BCUT2D eigenvalue weighted by Gasteiger charge is -2.32. The normalized spacial score (nSPS) is 16.9. The van der Waals surface area contributed by atoms with Crippen LogP contribution < -0.4 is 10.1 Å². The number of hydrogen-bond acceptors (Lipinski definition) is 6. The van der Waals surface area contributed by atoms with E-state index in [1.807, 2.05) is 42.2 Å². The van der Waals surface area contributed by atoms with Crippen molar-refractivity contribution in [2.24, 2.45) is 5.41 Å². The lowest BCUT2D eigenvalue weighted by Crippen LogP contribution is -2.27. The topological polar surface area (TPSA) is 120 Å². The lowest BCUT2D eigenvalue weighted by atomic mass is 9.84. The van der Waals surface area contributed by atoms with Crippen molar-refractivity contribution in [1.29, 1.82) is 0 Å². The first-order valence-corrected chi connectivity index (χ1v) is 13.3. The number of carbonyl (C=O) groups excluding carboxylic acids is 1. The summed E-state index contributed by atoms with van der Waals surface area (Å²) in [4.78, 5) is 29.6. The Hall–Kier alpha value is -3.92. The zero-order valence-electron chi connectivity index (χ0n) is 23.0. The van der Waals surface area contributed by atoms with E-state index in [0.29, 0.717) is 34.8 Å². The summed E-state index contributed by atoms with van der Waals surface area (Å²) < 4.78 is 15.7. The fourth-order valence-corrected chi connectivity index (χ4v) is 5.41. The highest BCUT2D eigenvalue weighted by Crippen LogP contribution is 2.42. The summed E-state index contributed by atoms with van der Waals surface area (Å²) in [6.07, 6.45) is 4.48. The smallest absolute Gasteiger partial charge is 0.305 e. The van der Waals surface area contributed by atoms with Crippen molar-refractivity contribution in [3.05, 3.63) is 42.1 Å². The van der Waals surface area contributed by atoms with Crippen LogP contribution in [0.4, 0.5) is 0 Å². The highest BCUT2D eigenvalue weighted by molar-refractivity contribution is 5.98. The number of rotatable bonds is 7. The minimum absolute atomic E-state index is 0.112. The van der Waals surface area contributed by atoms with Crippen LogP contribution in [-0.2, 0) is 9.53 Å². The number of aromatic nitrogens is 4. The second-order valence-electron chi connectivity index (χ2n) is 11.1. The zero-order chi connectivity index (χ0) is 27.9. The van der Waals surface area contributed by atoms with Crippen LogP contribution in [-0.4, -0.2) is 57.1 Å². The molecule has 1 saturated heterocycles. The predicted octanol–water partition coefficient (Wildman–Crippen LogP) is 5.18. The van der Waals surface area contributed by atoms with Crippen molar-refractivity contribution in [2.75, 3.05) is 20.8 Å². The number of imidazole rings is 1. The molecule has 2 aromatic heterocycles. The highest BCUT2D eigenvalue weighted by Gasteiger charge is 2.33. The largest absolute Gasteiger partial charge is 0.496 e. The third kappa shape index (κ3) is 4.96. The van der Waals surface area contributed by atoms with Crippen LogP contribution in [0.25, 0.3) is 33.3 Å². The van der Waals surface area contributed by atoms with Crippen LogP contribution >= 0.6 is 0 Å². The minimum Gasteiger partial charge on any atom is -0.496 e. The number of aliphatic carboxylic acids is 1. The molecule has 2 atom stereocenters. The van der Waals surface area contributed by atoms with Crippen LogP contribution in [0.1, 0.15) is 69.1 Å². The number of carbonyl (C=O) groups is 2. The third-order valence-corrected chi connectivity index (χ3v) is 7.44. The summed E-state index contributed by atoms with van der Waals surface area (Å²) in [6, 6.07) is 8.78. The molecule has 2 aromatic carbocycles. The summed E-state index contributed by atoms with van der Waals surface area (Å²) in [6.45, 7) is 6.73. The van der Waals surface area contributed by atoms with Gasteiger partial charge in [0.2, 0.25) is 0 Å². The second-order valence-corrected chi connectivity index (χ2v) is 11.1. The molecule has 1 amide bonds. The lowest BCUT2D eigenvalue weighted by molar-refractivity contribution is -0.138. The summed E-state index contributed by atoms with van der Waals surface area (Å²) in [5.74, 6) is 0.0967. The van der Waals surface area contributed by atoms with Gasteiger partial charge in [-0.15, -0.1) is 0 Å². The van der Waals surface area contributed by atoms with Gasteiger partial charge in [0, 0.05) is 24.8 Å². The number of carboxylic acid groups (broad SMARTS) is 1. The fraction of sp³-hybridized carbons (Fsp3) is 0.448. The maximum Gasteiger partial charge on any atom is 0.305 e. The Morgan fingerprint density at radius 1 is 1.21 bits per heavy atom. The van der Waals surface area contributed by atoms with Gasteiger partial charge >= 0.3 is 5.97 Å². The quantitative estimate of drug-likeness (QED) is 0.336. The van der Waals surface area contributed by atoms with Gasteiger partial charge in [-0.2, -0.15) is 5.10 Å². The highest BCUT2D eigenvalue weighted by atomic mass is 16.5. The van der Waals surface area contributed by atoms with Crippen molar-refractivity contribution >= 4 is 33.8 Å². The van der Waals surface area contributed by atoms with Gasteiger partial charge in [-0.3, -0.25) is 9.59 Å². The first-order valence-electron chi connectivity index (χ1n) is 13.3. The number of nitrogens with zero attached hydrogens (tertiary/aromatic N) is 4. The van der Waals surface area contributed by atoms with Crippen LogP contribution in [0.15, 0.2) is 36.5 Å². The molecule has 0 aliphatic carbocycles. The molecule has 4 aromatic rings. The van der Waals surface area contributed by atoms with Gasteiger partial charge in [-0.05, 0) is 55.0 Å². The minimum atomic E-state index is -0.911. The molecule has 10 nitrogen and oxygen atoms in total. The van der Waals surface area contributed by atoms with Crippen molar-refractivity contribution in [3.8, 4) is 17.1 Å². The Morgan fingerprint density at radius 2 is 2.00 bits per heavy atom. The molecule has 0 bridgehead atoms. The molecule has 0 spiro atoms. The molecule has 2 N–H and O–H groups in total. The Bertz CT molecular complexity index is 1540. The van der Waals surface area contributed by atoms with Crippen LogP contribution in [0.2, 0.25) is 0 Å². The number of benzene rings is 2. The maximum atomic E-state index is 12.5. The monoisotopic (exact) mass is 533 g/mol. The van der Waals surface area contributed by atoms with Crippen molar-refractivity contribution < 1.29 is 24.2 Å². The number of methoxy groups -OCH3 is 1. The molecule has 1 fully saturated rings. The second kappa shape index (κ2) is 10.3. The van der Waals surface area contributed by atoms with Crippen molar-refractivity contribution in [3.63, 3.8) is 0 Å². The molecule has 1 aliphatic rings. The molecule has 10 heteroatoms. The Labute approximate surface area is 226 Å². The summed E-state index contributed by atoms with van der Waals surface area (Å²) >= 11 is 0. The van der Waals surface area contributed by atoms with Gasteiger partial charge in [-0.1, -0.05) is 20.8 Å². The number of ether oxygens (including phenoxy) is 2. The molecule has 39 heavy (non-hydrogen) atoms. The van der Waals surface area contributed by atoms with E-state index in [-0.39, 0.29) is 18.6 Å². The number of carboxylic acids is 1. The van der Waals surface area contributed by atoms with Gasteiger partial charge < -0.3 is 24.5 Å². The molecule has 3 heterocycles. The van der Waals surface area contributed by atoms with Crippen LogP contribution in [0.3, 0.4) is 0 Å². The number of nitrogens with one attached hydrogen (secondary N) is 1. The van der Waals surface area contributed by atoms with Crippen LogP contribution in [0.5, 0.6) is 5.75 Å². The van der Waals surface area contributed by atoms with E-state index in [2.05, 4.69) is 10.4 Å². The number of amides is 1. The number of hydrogen-bond donors (Lipinski definition) is 2. The molecule has 5 rings (SSSR count). The molecule has 0 saturated carbocycles. The average Bonchev–Trinajstić information content (AvgIpc) is 3.51. The van der Waals surface area contributed by atoms with E-state index in [9.17, 15) is 14.7 Å². The maximum absolute atomic E-state index is 12.5. The molecule has 206 valence electrons. The summed E-state index contributed by atoms with van der Waals surface area (Å²) in [7, 11) is 3.20. The first-order chi connectivity index (χ1) is 18.6. The molecule has 1 aliphatic heterocycles. The molecular formula is C29H35N5O5. The summed E-state index contributed by atoms with van der Waals surface area (Å²) in [5, 5.41) is 18.1. The van der Waals surface area contributed by atoms with Crippen LogP contribution in [0, 0.1) is 5.41 Å². The fourth-order valence-electron chi connectivity index (χ4n) is 5.41. The summed E-state index contributed by atoms with van der Waals surface area (Å²) in [5.41, 5.74) is 3.01. The third-order valence-electron chi connectivity index (χ3n) is 7.44. The Kier molecular flexibility index (Phi) is 7.07. The van der Waals surface area contributed by atoms with E-state index in [0.717, 1.165) is 35.7 Å². The molecule has 1 unspecified atom stereocenters. The van der Waals surface area contributed by atoms with Gasteiger partial charge in [0.05, 0.1) is 47.7 Å². The zero-order valence-corrected chi connectivity index (χ0v) is 23.0.